The van der Waals surface area contributed by atoms with Gasteiger partial charge >= 0.3 is 0 Å². The second-order valence-corrected chi connectivity index (χ2v) is 5.06. The van der Waals surface area contributed by atoms with Crippen LogP contribution in [0.15, 0.2) is 48.5 Å². The Labute approximate surface area is 131 Å². The number of hydrogen-bond donors (Lipinski definition) is 2. The average molecular weight is 298 g/mol. The summed E-state index contributed by atoms with van der Waals surface area (Å²) in [6, 6.07) is 16.2. The van der Waals surface area contributed by atoms with Gasteiger partial charge in [0, 0.05) is 19.5 Å². The molecule has 0 spiro atoms. The van der Waals surface area contributed by atoms with E-state index in [1.54, 1.807) is 7.11 Å². The molecule has 0 aliphatic rings. The Morgan fingerprint density at radius 1 is 1.00 bits per heavy atom. The van der Waals surface area contributed by atoms with Gasteiger partial charge < -0.3 is 15.4 Å². The van der Waals surface area contributed by atoms with E-state index in [0.717, 1.165) is 22.4 Å². The van der Waals surface area contributed by atoms with Gasteiger partial charge in [-0.1, -0.05) is 36.4 Å². The maximum Gasteiger partial charge on any atom is 0.221 e. The highest BCUT2D eigenvalue weighted by molar-refractivity contribution is 5.76. The molecule has 0 fully saturated rings. The van der Waals surface area contributed by atoms with Crippen molar-refractivity contribution in [3.8, 4) is 16.9 Å². The lowest BCUT2D eigenvalue weighted by molar-refractivity contribution is -0.121. The lowest BCUT2D eigenvalue weighted by atomic mass is 10.0. The summed E-state index contributed by atoms with van der Waals surface area (Å²) < 4.78 is 5.16. The maximum atomic E-state index is 11.6. The van der Waals surface area contributed by atoms with Crippen molar-refractivity contribution in [2.75, 3.05) is 20.7 Å². The summed E-state index contributed by atoms with van der Waals surface area (Å²) in [5.74, 6) is 0.915. The first-order valence-corrected chi connectivity index (χ1v) is 7.37. The molecule has 22 heavy (non-hydrogen) atoms. The lowest BCUT2D eigenvalue weighted by Gasteiger charge is -2.07. The molecule has 0 saturated heterocycles. The Bertz CT molecular complexity index is 591. The van der Waals surface area contributed by atoms with Crippen molar-refractivity contribution < 1.29 is 9.53 Å². The molecular weight excluding hydrogens is 276 g/mol. The zero-order chi connectivity index (χ0) is 15.8. The fraction of sp³-hybridized carbons (Fsp3) is 0.278. The maximum absolute atomic E-state index is 11.6. The molecule has 0 aliphatic carbocycles. The Morgan fingerprint density at radius 3 is 2.14 bits per heavy atom. The molecule has 0 bridgehead atoms. The summed E-state index contributed by atoms with van der Waals surface area (Å²) in [6.07, 6.45) is 0.500. The number of benzene rings is 2. The molecule has 0 heterocycles. The van der Waals surface area contributed by atoms with Gasteiger partial charge in [-0.05, 0) is 35.9 Å². The normalized spacial score (nSPS) is 10.3. The molecule has 2 rings (SSSR count). The van der Waals surface area contributed by atoms with E-state index in [-0.39, 0.29) is 5.91 Å². The van der Waals surface area contributed by atoms with Gasteiger partial charge in [0.25, 0.3) is 0 Å². The van der Waals surface area contributed by atoms with Crippen LogP contribution in [0.1, 0.15) is 12.0 Å². The van der Waals surface area contributed by atoms with Crippen LogP contribution in [0.3, 0.4) is 0 Å². The molecule has 2 N–H and O–H groups in total. The monoisotopic (exact) mass is 298 g/mol. The van der Waals surface area contributed by atoms with Crippen LogP contribution in [0.25, 0.3) is 11.1 Å². The Kier molecular flexibility index (Phi) is 5.98. The number of carbonyl (C=O) groups is 1. The van der Waals surface area contributed by atoms with E-state index in [0.29, 0.717) is 19.5 Å². The molecule has 4 heteroatoms. The molecule has 1 amide bonds. The van der Waals surface area contributed by atoms with Crippen molar-refractivity contribution in [2.45, 2.75) is 13.0 Å². The number of rotatable bonds is 7. The summed E-state index contributed by atoms with van der Waals surface area (Å²) in [4.78, 5) is 11.6. The zero-order valence-corrected chi connectivity index (χ0v) is 13.1. The standard InChI is InChI=1S/C18H22N2O2/c1-19-12-11-18(21)20-13-14-3-5-15(6-4-14)16-7-9-17(22-2)10-8-16/h3-10,19H,11-13H2,1-2H3,(H,20,21). The van der Waals surface area contributed by atoms with E-state index in [4.69, 9.17) is 4.74 Å². The molecule has 2 aromatic rings. The predicted molar refractivity (Wildman–Crippen MR) is 88.8 cm³/mol. The molecule has 4 nitrogen and oxygen atoms in total. The molecule has 0 radical (unpaired) electrons. The number of methoxy groups -OCH3 is 1. The molecule has 2 aromatic carbocycles. The fourth-order valence-electron chi connectivity index (χ4n) is 2.13. The number of carbonyl (C=O) groups excluding carboxylic acids is 1. The summed E-state index contributed by atoms with van der Waals surface area (Å²) >= 11 is 0. The fourth-order valence-corrected chi connectivity index (χ4v) is 2.13. The second-order valence-electron chi connectivity index (χ2n) is 5.06. The van der Waals surface area contributed by atoms with Crippen LogP contribution in [0.4, 0.5) is 0 Å². The molecule has 0 unspecified atom stereocenters. The highest BCUT2D eigenvalue weighted by atomic mass is 16.5. The van der Waals surface area contributed by atoms with E-state index in [9.17, 15) is 4.79 Å². The van der Waals surface area contributed by atoms with Gasteiger partial charge in [-0.2, -0.15) is 0 Å². The smallest absolute Gasteiger partial charge is 0.221 e. The second kappa shape index (κ2) is 8.20. The molecular formula is C18H22N2O2. The minimum Gasteiger partial charge on any atom is -0.497 e. The molecule has 0 aliphatic heterocycles. The van der Waals surface area contributed by atoms with Crippen molar-refractivity contribution >= 4 is 5.91 Å². The van der Waals surface area contributed by atoms with Crippen LogP contribution < -0.4 is 15.4 Å². The van der Waals surface area contributed by atoms with Crippen molar-refractivity contribution in [2.24, 2.45) is 0 Å². The van der Waals surface area contributed by atoms with Gasteiger partial charge in [0.15, 0.2) is 0 Å². The topological polar surface area (TPSA) is 50.4 Å². The Morgan fingerprint density at radius 2 is 1.59 bits per heavy atom. The minimum atomic E-state index is 0.0635. The van der Waals surface area contributed by atoms with E-state index in [1.165, 1.54) is 0 Å². The van der Waals surface area contributed by atoms with Crippen LogP contribution >= 0.6 is 0 Å². The largest absolute Gasteiger partial charge is 0.497 e. The van der Waals surface area contributed by atoms with Crippen LogP contribution in [0, 0.1) is 0 Å². The van der Waals surface area contributed by atoms with E-state index < -0.39 is 0 Å². The van der Waals surface area contributed by atoms with Gasteiger partial charge in [0.2, 0.25) is 5.91 Å². The molecule has 0 saturated carbocycles. The third kappa shape index (κ3) is 4.60. The van der Waals surface area contributed by atoms with Crippen molar-refractivity contribution in [1.82, 2.24) is 10.6 Å². The SMILES string of the molecule is CNCCC(=O)NCc1ccc(-c2ccc(OC)cc2)cc1. The number of amides is 1. The van der Waals surface area contributed by atoms with E-state index in [2.05, 4.69) is 22.8 Å². The zero-order valence-electron chi connectivity index (χ0n) is 13.1. The van der Waals surface area contributed by atoms with Crippen LogP contribution in [0.2, 0.25) is 0 Å². The summed E-state index contributed by atoms with van der Waals surface area (Å²) in [7, 11) is 3.50. The van der Waals surface area contributed by atoms with E-state index >= 15 is 0 Å². The van der Waals surface area contributed by atoms with Gasteiger partial charge in [0.1, 0.15) is 5.75 Å². The van der Waals surface area contributed by atoms with Gasteiger partial charge in [-0.3, -0.25) is 4.79 Å². The first kappa shape index (κ1) is 16.0. The summed E-state index contributed by atoms with van der Waals surface area (Å²) in [5, 5.41) is 5.87. The highest BCUT2D eigenvalue weighted by Crippen LogP contribution is 2.22. The first-order valence-electron chi connectivity index (χ1n) is 7.37. The van der Waals surface area contributed by atoms with Gasteiger partial charge in [-0.25, -0.2) is 0 Å². The average Bonchev–Trinajstić information content (AvgIpc) is 2.58. The Balaban J connectivity index is 1.93. The highest BCUT2D eigenvalue weighted by Gasteiger charge is 2.02. The van der Waals surface area contributed by atoms with Crippen molar-refractivity contribution in [1.29, 1.82) is 0 Å². The number of hydrogen-bond acceptors (Lipinski definition) is 3. The number of ether oxygens (including phenoxy) is 1. The quantitative estimate of drug-likeness (QED) is 0.826. The third-order valence-electron chi connectivity index (χ3n) is 3.47. The van der Waals surface area contributed by atoms with Crippen LogP contribution in [-0.4, -0.2) is 26.6 Å². The molecule has 0 atom stereocenters. The summed E-state index contributed by atoms with van der Waals surface area (Å²) in [6.45, 7) is 1.26. The van der Waals surface area contributed by atoms with Crippen molar-refractivity contribution in [3.05, 3.63) is 54.1 Å². The molecule has 0 aromatic heterocycles. The van der Waals surface area contributed by atoms with Crippen molar-refractivity contribution in [3.63, 3.8) is 0 Å². The van der Waals surface area contributed by atoms with Crippen LogP contribution in [0.5, 0.6) is 5.75 Å². The summed E-state index contributed by atoms with van der Waals surface area (Å²) in [5.41, 5.74) is 3.38. The van der Waals surface area contributed by atoms with Gasteiger partial charge in [0.05, 0.1) is 7.11 Å². The minimum absolute atomic E-state index is 0.0635. The van der Waals surface area contributed by atoms with Crippen LogP contribution in [-0.2, 0) is 11.3 Å². The Hall–Kier alpha value is -2.33. The third-order valence-corrected chi connectivity index (χ3v) is 3.47. The molecule has 116 valence electrons. The lowest BCUT2D eigenvalue weighted by Crippen LogP contribution is -2.26. The van der Waals surface area contributed by atoms with E-state index in [1.807, 2.05) is 43.4 Å². The number of nitrogens with one attached hydrogen (secondary N) is 2. The first-order chi connectivity index (χ1) is 10.7. The predicted octanol–water partition coefficient (Wildman–Crippen LogP) is 2.59. The van der Waals surface area contributed by atoms with Gasteiger partial charge in [-0.15, -0.1) is 0 Å².